The number of anilines is 1. The molecule has 2 heterocycles. The van der Waals surface area contributed by atoms with E-state index in [0.717, 1.165) is 44.0 Å². The van der Waals surface area contributed by atoms with E-state index in [9.17, 15) is 5.11 Å². The van der Waals surface area contributed by atoms with Gasteiger partial charge in [-0.25, -0.2) is 0 Å². The van der Waals surface area contributed by atoms with E-state index in [2.05, 4.69) is 39.2 Å². The predicted octanol–water partition coefficient (Wildman–Crippen LogP) is 1.78. The molecule has 1 N–H and O–H groups in total. The smallest absolute Gasteiger partial charge is 0.151 e. The molecular formula is C17H26N4O. The average Bonchev–Trinajstić information content (AvgIpc) is 3.21. The molecule has 4 rings (SSSR count). The van der Waals surface area contributed by atoms with Gasteiger partial charge in [0.1, 0.15) is 0 Å². The molecule has 3 aliphatic rings. The van der Waals surface area contributed by atoms with Crippen molar-refractivity contribution in [2.45, 2.75) is 56.1 Å². The summed E-state index contributed by atoms with van der Waals surface area (Å²) in [6.45, 7) is 2.78. The van der Waals surface area contributed by atoms with Crippen LogP contribution in [0.4, 0.5) is 5.82 Å². The Morgan fingerprint density at radius 1 is 1.23 bits per heavy atom. The van der Waals surface area contributed by atoms with E-state index in [1.165, 1.54) is 25.7 Å². The van der Waals surface area contributed by atoms with E-state index < -0.39 is 5.60 Å². The third kappa shape index (κ3) is 2.84. The van der Waals surface area contributed by atoms with Crippen LogP contribution in [0.15, 0.2) is 12.1 Å². The number of hydrogen-bond donors (Lipinski definition) is 1. The van der Waals surface area contributed by atoms with Gasteiger partial charge in [-0.1, -0.05) is 12.8 Å². The van der Waals surface area contributed by atoms with Crippen LogP contribution in [0.3, 0.4) is 0 Å². The standard InChI is InChI=1S/C17H26N4O/c1-20(12-17(22)8-2-3-9-17)14-10-21(11-14)16-7-6-15(18-19-16)13-4-5-13/h6-7,13-14,22H,2-5,8-12H2,1H3. The number of aliphatic hydroxyl groups is 1. The SMILES string of the molecule is CN(CC1(O)CCCC1)C1CN(c2ccc(C3CC3)nn2)C1. The summed E-state index contributed by atoms with van der Waals surface area (Å²) in [5, 5.41) is 19.3. The van der Waals surface area contributed by atoms with Gasteiger partial charge in [0.2, 0.25) is 0 Å². The topological polar surface area (TPSA) is 52.5 Å². The molecule has 5 nitrogen and oxygen atoms in total. The van der Waals surface area contributed by atoms with E-state index >= 15 is 0 Å². The van der Waals surface area contributed by atoms with Crippen molar-refractivity contribution in [2.75, 3.05) is 31.6 Å². The Labute approximate surface area is 132 Å². The van der Waals surface area contributed by atoms with Crippen molar-refractivity contribution < 1.29 is 5.11 Å². The Hall–Kier alpha value is -1.20. The number of nitrogens with zero attached hydrogens (tertiary/aromatic N) is 4. The van der Waals surface area contributed by atoms with E-state index in [-0.39, 0.29) is 0 Å². The van der Waals surface area contributed by atoms with E-state index in [0.29, 0.717) is 12.0 Å². The van der Waals surface area contributed by atoms with E-state index in [1.807, 2.05) is 0 Å². The average molecular weight is 302 g/mol. The van der Waals surface area contributed by atoms with Gasteiger partial charge in [-0.2, -0.15) is 5.10 Å². The van der Waals surface area contributed by atoms with Crippen LogP contribution in [0.5, 0.6) is 0 Å². The third-order valence-corrected chi connectivity index (χ3v) is 5.55. The zero-order chi connectivity index (χ0) is 15.2. The molecule has 3 fully saturated rings. The fourth-order valence-electron chi connectivity index (χ4n) is 3.81. The van der Waals surface area contributed by atoms with Crippen LogP contribution in [0.1, 0.15) is 50.1 Å². The molecule has 0 aromatic carbocycles. The van der Waals surface area contributed by atoms with E-state index in [1.54, 1.807) is 0 Å². The van der Waals surface area contributed by atoms with Crippen LogP contribution in [0, 0.1) is 0 Å². The van der Waals surface area contributed by atoms with Crippen molar-refractivity contribution in [3.8, 4) is 0 Å². The summed E-state index contributed by atoms with van der Waals surface area (Å²) in [4.78, 5) is 4.61. The molecule has 2 aliphatic carbocycles. The summed E-state index contributed by atoms with van der Waals surface area (Å²) in [5.41, 5.74) is 0.711. The van der Waals surface area contributed by atoms with Crippen molar-refractivity contribution in [3.05, 3.63) is 17.8 Å². The summed E-state index contributed by atoms with van der Waals surface area (Å²) in [5.74, 6) is 1.66. The van der Waals surface area contributed by atoms with Gasteiger partial charge in [0.15, 0.2) is 5.82 Å². The lowest BCUT2D eigenvalue weighted by molar-refractivity contribution is 0.00182. The molecular weight excluding hydrogens is 276 g/mol. The van der Waals surface area contributed by atoms with Crippen molar-refractivity contribution in [1.29, 1.82) is 0 Å². The fraction of sp³-hybridized carbons (Fsp3) is 0.765. The first-order valence-corrected chi connectivity index (χ1v) is 8.64. The van der Waals surface area contributed by atoms with Crippen LogP contribution in [-0.2, 0) is 0 Å². The molecule has 22 heavy (non-hydrogen) atoms. The molecule has 1 aromatic rings. The van der Waals surface area contributed by atoms with Crippen molar-refractivity contribution in [1.82, 2.24) is 15.1 Å². The largest absolute Gasteiger partial charge is 0.389 e. The highest BCUT2D eigenvalue weighted by atomic mass is 16.3. The first kappa shape index (κ1) is 14.4. The number of hydrogen-bond acceptors (Lipinski definition) is 5. The number of rotatable bonds is 5. The molecule has 0 bridgehead atoms. The Morgan fingerprint density at radius 3 is 2.55 bits per heavy atom. The molecule has 0 unspecified atom stereocenters. The highest BCUT2D eigenvalue weighted by molar-refractivity contribution is 5.42. The van der Waals surface area contributed by atoms with Crippen molar-refractivity contribution >= 4 is 5.82 Å². The van der Waals surface area contributed by atoms with Crippen LogP contribution in [-0.4, -0.2) is 58.5 Å². The van der Waals surface area contributed by atoms with Gasteiger partial charge in [-0.15, -0.1) is 5.10 Å². The predicted molar refractivity (Wildman–Crippen MR) is 86.1 cm³/mol. The van der Waals surface area contributed by atoms with Gasteiger partial charge < -0.3 is 10.0 Å². The maximum Gasteiger partial charge on any atom is 0.151 e. The van der Waals surface area contributed by atoms with Crippen LogP contribution >= 0.6 is 0 Å². The lowest BCUT2D eigenvalue weighted by Crippen LogP contribution is -2.61. The minimum atomic E-state index is -0.444. The summed E-state index contributed by atoms with van der Waals surface area (Å²) in [7, 11) is 2.14. The zero-order valence-corrected chi connectivity index (χ0v) is 13.4. The van der Waals surface area contributed by atoms with Crippen LogP contribution in [0.25, 0.3) is 0 Å². The summed E-state index contributed by atoms with van der Waals surface area (Å²) >= 11 is 0. The molecule has 1 aliphatic heterocycles. The second-order valence-electron chi connectivity index (χ2n) is 7.50. The molecule has 0 radical (unpaired) electrons. The molecule has 5 heteroatoms. The molecule has 0 amide bonds. The minimum absolute atomic E-state index is 0.444. The second kappa shape index (κ2) is 5.46. The van der Waals surface area contributed by atoms with Crippen LogP contribution < -0.4 is 4.90 Å². The monoisotopic (exact) mass is 302 g/mol. The van der Waals surface area contributed by atoms with Gasteiger partial charge >= 0.3 is 0 Å². The second-order valence-corrected chi connectivity index (χ2v) is 7.50. The van der Waals surface area contributed by atoms with Gasteiger partial charge in [0, 0.05) is 31.6 Å². The zero-order valence-electron chi connectivity index (χ0n) is 13.4. The fourth-order valence-corrected chi connectivity index (χ4v) is 3.81. The Morgan fingerprint density at radius 2 is 1.95 bits per heavy atom. The normalized spacial score (nSPS) is 24.8. The molecule has 0 atom stereocenters. The summed E-state index contributed by atoms with van der Waals surface area (Å²) in [6, 6.07) is 4.77. The Bertz CT molecular complexity index is 516. The first-order valence-electron chi connectivity index (χ1n) is 8.64. The first-order chi connectivity index (χ1) is 10.6. The Balaban J connectivity index is 1.29. The summed E-state index contributed by atoms with van der Waals surface area (Å²) < 4.78 is 0. The number of aromatic nitrogens is 2. The summed E-state index contributed by atoms with van der Waals surface area (Å²) in [6.07, 6.45) is 6.80. The maximum absolute atomic E-state index is 10.5. The van der Waals surface area contributed by atoms with Gasteiger partial charge in [-0.05, 0) is 44.9 Å². The quantitative estimate of drug-likeness (QED) is 0.898. The number of likely N-dealkylation sites (N-methyl/N-ethyl adjacent to an activating group) is 1. The lowest BCUT2D eigenvalue weighted by atomic mass is 9.99. The lowest BCUT2D eigenvalue weighted by Gasteiger charge is -2.46. The highest BCUT2D eigenvalue weighted by Gasteiger charge is 2.37. The molecule has 1 aromatic heterocycles. The minimum Gasteiger partial charge on any atom is -0.389 e. The van der Waals surface area contributed by atoms with Crippen molar-refractivity contribution in [2.24, 2.45) is 0 Å². The van der Waals surface area contributed by atoms with Crippen LogP contribution in [0.2, 0.25) is 0 Å². The highest BCUT2D eigenvalue weighted by Crippen LogP contribution is 2.39. The third-order valence-electron chi connectivity index (χ3n) is 5.55. The van der Waals surface area contributed by atoms with Gasteiger partial charge in [0.25, 0.3) is 0 Å². The van der Waals surface area contributed by atoms with E-state index in [4.69, 9.17) is 0 Å². The maximum atomic E-state index is 10.5. The van der Waals surface area contributed by atoms with Gasteiger partial charge in [-0.3, -0.25) is 4.90 Å². The molecule has 2 saturated carbocycles. The molecule has 1 saturated heterocycles. The van der Waals surface area contributed by atoms with Gasteiger partial charge in [0.05, 0.1) is 11.3 Å². The molecule has 0 spiro atoms. The van der Waals surface area contributed by atoms with Crippen molar-refractivity contribution in [3.63, 3.8) is 0 Å². The Kier molecular flexibility index (Phi) is 3.57. The molecule has 120 valence electrons.